The number of nitrogen functional groups attached to an aromatic ring is 1. The molecule has 1 aromatic heterocycles. The zero-order valence-electron chi connectivity index (χ0n) is 8.91. The van der Waals surface area contributed by atoms with Crippen LogP contribution in [0.15, 0.2) is 39.0 Å². The number of nitrogens with zero attached hydrogens (tertiary/aromatic N) is 2. The first-order valence-electron chi connectivity index (χ1n) is 4.70. The summed E-state index contributed by atoms with van der Waals surface area (Å²) in [5.41, 5.74) is 6.38. The molecule has 0 amide bonds. The minimum absolute atomic E-state index is 0.0991. The molecule has 0 aliphatic rings. The van der Waals surface area contributed by atoms with E-state index in [4.69, 9.17) is 10.2 Å². The van der Waals surface area contributed by atoms with E-state index in [9.17, 15) is 10.1 Å². The summed E-state index contributed by atoms with van der Waals surface area (Å²) in [6.45, 7) is 1.82. The molecule has 0 saturated heterocycles. The topological polar surface area (TPSA) is 95.2 Å². The lowest BCUT2D eigenvalue weighted by Crippen LogP contribution is -1.95. The minimum atomic E-state index is -0.515. The molecule has 2 rings (SSSR count). The highest BCUT2D eigenvalue weighted by molar-refractivity contribution is 7.99. The molecule has 88 valence electrons. The van der Waals surface area contributed by atoms with Crippen molar-refractivity contribution in [3.05, 3.63) is 40.3 Å². The Hall–Kier alpha value is -2.02. The summed E-state index contributed by atoms with van der Waals surface area (Å²) in [5, 5.41) is 11.1. The van der Waals surface area contributed by atoms with E-state index in [2.05, 4.69) is 4.98 Å². The van der Waals surface area contributed by atoms with Crippen LogP contribution in [0.25, 0.3) is 0 Å². The summed E-state index contributed by atoms with van der Waals surface area (Å²) in [7, 11) is 0. The van der Waals surface area contributed by atoms with E-state index in [1.165, 1.54) is 30.2 Å². The van der Waals surface area contributed by atoms with E-state index in [0.717, 1.165) is 10.6 Å². The van der Waals surface area contributed by atoms with E-state index in [1.807, 2.05) is 6.92 Å². The van der Waals surface area contributed by atoms with Crippen molar-refractivity contribution in [1.82, 2.24) is 4.98 Å². The average molecular weight is 251 g/mol. The molecular weight excluding hydrogens is 242 g/mol. The lowest BCUT2D eigenvalue weighted by Gasteiger charge is -2.00. The molecule has 0 aliphatic carbocycles. The van der Waals surface area contributed by atoms with Gasteiger partial charge in [0.05, 0.1) is 10.6 Å². The molecule has 0 spiro atoms. The molecule has 0 radical (unpaired) electrons. The van der Waals surface area contributed by atoms with Crippen LogP contribution in [0, 0.1) is 17.0 Å². The van der Waals surface area contributed by atoms with Gasteiger partial charge in [-0.05, 0) is 30.8 Å². The normalized spacial score (nSPS) is 10.4. The highest BCUT2D eigenvalue weighted by atomic mass is 32.2. The van der Waals surface area contributed by atoms with Crippen LogP contribution in [0.4, 0.5) is 11.4 Å². The molecule has 2 N–H and O–H groups in total. The monoisotopic (exact) mass is 251 g/mol. The molecule has 0 unspecified atom stereocenters. The number of anilines is 1. The van der Waals surface area contributed by atoms with Crippen molar-refractivity contribution in [2.45, 2.75) is 17.0 Å². The molecule has 1 aromatic carbocycles. The van der Waals surface area contributed by atoms with Gasteiger partial charge in [0.1, 0.15) is 12.0 Å². The zero-order valence-corrected chi connectivity index (χ0v) is 9.73. The molecule has 17 heavy (non-hydrogen) atoms. The molecule has 1 heterocycles. The third-order valence-electron chi connectivity index (χ3n) is 2.00. The van der Waals surface area contributed by atoms with Gasteiger partial charge in [-0.2, -0.15) is 0 Å². The third kappa shape index (κ3) is 2.56. The fourth-order valence-corrected chi connectivity index (χ4v) is 2.05. The van der Waals surface area contributed by atoms with Crippen molar-refractivity contribution in [1.29, 1.82) is 0 Å². The Morgan fingerprint density at radius 3 is 2.82 bits per heavy atom. The van der Waals surface area contributed by atoms with Crippen LogP contribution >= 0.6 is 11.8 Å². The van der Waals surface area contributed by atoms with Gasteiger partial charge in [-0.25, -0.2) is 4.98 Å². The van der Waals surface area contributed by atoms with Crippen molar-refractivity contribution < 1.29 is 9.34 Å². The van der Waals surface area contributed by atoms with Gasteiger partial charge in [0.15, 0.2) is 0 Å². The van der Waals surface area contributed by atoms with Crippen LogP contribution in [0.1, 0.15) is 5.69 Å². The number of nitro groups is 1. The standard InChI is InChI=1S/C10H9N3O3S/c1-6-5-16-10(12-6)17-7-2-3-9(13(14)15)8(11)4-7/h2-5H,11H2,1H3. The smallest absolute Gasteiger partial charge is 0.292 e. The summed E-state index contributed by atoms with van der Waals surface area (Å²) < 4.78 is 5.16. The molecule has 0 fully saturated rings. The Morgan fingerprint density at radius 2 is 2.29 bits per heavy atom. The molecule has 0 aliphatic heterocycles. The van der Waals surface area contributed by atoms with Gasteiger partial charge in [-0.3, -0.25) is 10.1 Å². The molecule has 0 bridgehead atoms. The van der Waals surface area contributed by atoms with Gasteiger partial charge in [-0.1, -0.05) is 0 Å². The molecule has 2 aromatic rings. The van der Waals surface area contributed by atoms with E-state index in [0.29, 0.717) is 5.22 Å². The number of nitro benzene ring substituents is 1. The maximum absolute atomic E-state index is 10.6. The number of oxazole rings is 1. The number of nitrogens with two attached hydrogens (primary N) is 1. The van der Waals surface area contributed by atoms with Crippen molar-refractivity contribution in [2.75, 3.05) is 5.73 Å². The number of aromatic nitrogens is 1. The van der Waals surface area contributed by atoms with Gasteiger partial charge in [0.25, 0.3) is 10.9 Å². The zero-order chi connectivity index (χ0) is 12.4. The molecule has 0 saturated carbocycles. The fraction of sp³-hybridized carbons (Fsp3) is 0.100. The molecule has 7 heteroatoms. The first kappa shape index (κ1) is 11.5. The average Bonchev–Trinajstić information content (AvgIpc) is 2.63. The maximum Gasteiger partial charge on any atom is 0.292 e. The van der Waals surface area contributed by atoms with Crippen LogP contribution in [-0.2, 0) is 0 Å². The van der Waals surface area contributed by atoms with E-state index in [1.54, 1.807) is 6.07 Å². The Morgan fingerprint density at radius 1 is 1.53 bits per heavy atom. The highest BCUT2D eigenvalue weighted by Gasteiger charge is 2.12. The van der Waals surface area contributed by atoms with Crippen LogP contribution in [0.2, 0.25) is 0 Å². The van der Waals surface area contributed by atoms with Gasteiger partial charge in [0.2, 0.25) is 0 Å². The predicted octanol–water partition coefficient (Wildman–Crippen LogP) is 2.62. The second kappa shape index (κ2) is 4.46. The van der Waals surface area contributed by atoms with E-state index < -0.39 is 4.92 Å². The summed E-state index contributed by atoms with van der Waals surface area (Å²) in [6, 6.07) is 4.51. The Bertz CT molecular complexity index is 568. The second-order valence-electron chi connectivity index (χ2n) is 3.33. The summed E-state index contributed by atoms with van der Waals surface area (Å²) in [4.78, 5) is 14.9. The number of rotatable bonds is 3. The quantitative estimate of drug-likeness (QED) is 0.511. The molecular formula is C10H9N3O3S. The maximum atomic E-state index is 10.6. The van der Waals surface area contributed by atoms with E-state index >= 15 is 0 Å². The predicted molar refractivity (Wildman–Crippen MR) is 62.9 cm³/mol. The number of benzene rings is 1. The number of hydrogen-bond donors (Lipinski definition) is 1. The SMILES string of the molecule is Cc1coc(Sc2ccc([N+](=O)[O-])c(N)c2)n1. The van der Waals surface area contributed by atoms with Crippen molar-refractivity contribution in [2.24, 2.45) is 0 Å². The van der Waals surface area contributed by atoms with Gasteiger partial charge in [0, 0.05) is 11.0 Å². The minimum Gasteiger partial charge on any atom is -0.439 e. The van der Waals surface area contributed by atoms with Crippen molar-refractivity contribution in [3.8, 4) is 0 Å². The Kier molecular flexibility index (Phi) is 3.01. The fourth-order valence-electron chi connectivity index (χ4n) is 1.24. The molecule has 6 nitrogen and oxygen atoms in total. The van der Waals surface area contributed by atoms with Crippen LogP contribution in [-0.4, -0.2) is 9.91 Å². The van der Waals surface area contributed by atoms with Gasteiger partial charge < -0.3 is 10.2 Å². The second-order valence-corrected chi connectivity index (χ2v) is 4.36. The van der Waals surface area contributed by atoms with Gasteiger partial charge in [-0.15, -0.1) is 0 Å². The first-order chi connectivity index (χ1) is 8.06. The van der Waals surface area contributed by atoms with Gasteiger partial charge >= 0.3 is 0 Å². The Balaban J connectivity index is 2.23. The lowest BCUT2D eigenvalue weighted by atomic mass is 10.3. The lowest BCUT2D eigenvalue weighted by molar-refractivity contribution is -0.383. The van der Waals surface area contributed by atoms with Crippen LogP contribution in [0.3, 0.4) is 0 Å². The number of hydrogen-bond acceptors (Lipinski definition) is 6. The molecule has 0 atom stereocenters. The first-order valence-corrected chi connectivity index (χ1v) is 5.52. The summed E-state index contributed by atoms with van der Waals surface area (Å²) >= 11 is 1.26. The van der Waals surface area contributed by atoms with Crippen LogP contribution in [0.5, 0.6) is 0 Å². The highest BCUT2D eigenvalue weighted by Crippen LogP contribution is 2.31. The largest absolute Gasteiger partial charge is 0.439 e. The summed E-state index contributed by atoms with van der Waals surface area (Å²) in [6.07, 6.45) is 1.54. The van der Waals surface area contributed by atoms with Crippen molar-refractivity contribution in [3.63, 3.8) is 0 Å². The van der Waals surface area contributed by atoms with E-state index in [-0.39, 0.29) is 11.4 Å². The Labute approximate surface area is 101 Å². The third-order valence-corrected chi connectivity index (χ3v) is 2.85. The van der Waals surface area contributed by atoms with Crippen molar-refractivity contribution >= 4 is 23.1 Å². The van der Waals surface area contributed by atoms with Crippen LogP contribution < -0.4 is 5.73 Å². The number of aryl methyl sites for hydroxylation is 1. The summed E-state index contributed by atoms with van der Waals surface area (Å²) in [5.74, 6) is 0.